The zero-order valence-electron chi connectivity index (χ0n) is 11.2. The zero-order valence-corrected chi connectivity index (χ0v) is 11.2. The molecule has 1 aromatic heterocycles. The summed E-state index contributed by atoms with van der Waals surface area (Å²) in [5.74, 6) is 1.74. The van der Waals surface area contributed by atoms with Crippen LogP contribution in [0.15, 0.2) is 18.2 Å². The Bertz CT molecular complexity index is 533. The second-order valence-corrected chi connectivity index (χ2v) is 4.54. The average molecular weight is 248 g/mol. The minimum absolute atomic E-state index is 0.449. The lowest BCUT2D eigenvalue weighted by Gasteiger charge is -2.12. The van der Waals surface area contributed by atoms with Crippen molar-refractivity contribution in [2.45, 2.75) is 13.1 Å². The maximum Gasteiger partial charge on any atom is 0.123 e. The molecule has 0 bridgehead atoms. The van der Waals surface area contributed by atoms with Crippen molar-refractivity contribution < 1.29 is 4.74 Å². The summed E-state index contributed by atoms with van der Waals surface area (Å²) in [5, 5.41) is 0. The first-order valence-electron chi connectivity index (χ1n) is 6.03. The molecule has 5 heteroatoms. The second-order valence-electron chi connectivity index (χ2n) is 4.54. The predicted molar refractivity (Wildman–Crippen MR) is 72.7 cm³/mol. The molecule has 2 aromatic rings. The molecular weight excluding hydrogens is 228 g/mol. The third-order valence-electron chi connectivity index (χ3n) is 2.99. The van der Waals surface area contributed by atoms with Gasteiger partial charge in [-0.1, -0.05) is 0 Å². The van der Waals surface area contributed by atoms with Crippen LogP contribution < -0.4 is 10.5 Å². The van der Waals surface area contributed by atoms with Crippen molar-refractivity contribution in [1.29, 1.82) is 0 Å². The summed E-state index contributed by atoms with van der Waals surface area (Å²) >= 11 is 0. The van der Waals surface area contributed by atoms with E-state index in [9.17, 15) is 0 Å². The Morgan fingerprint density at radius 3 is 2.78 bits per heavy atom. The highest BCUT2D eigenvalue weighted by molar-refractivity contribution is 5.77. The van der Waals surface area contributed by atoms with Crippen molar-refractivity contribution in [3.63, 3.8) is 0 Å². The Morgan fingerprint density at radius 1 is 1.39 bits per heavy atom. The van der Waals surface area contributed by atoms with E-state index >= 15 is 0 Å². The van der Waals surface area contributed by atoms with Gasteiger partial charge in [0.15, 0.2) is 0 Å². The van der Waals surface area contributed by atoms with E-state index in [0.717, 1.165) is 35.7 Å². The van der Waals surface area contributed by atoms with E-state index in [0.29, 0.717) is 6.54 Å². The van der Waals surface area contributed by atoms with Gasteiger partial charge in [-0.15, -0.1) is 0 Å². The molecular formula is C13H20N4O. The maximum absolute atomic E-state index is 5.76. The van der Waals surface area contributed by atoms with Gasteiger partial charge in [-0.05, 0) is 26.2 Å². The maximum atomic E-state index is 5.76. The van der Waals surface area contributed by atoms with Crippen LogP contribution in [0, 0.1) is 0 Å². The molecule has 98 valence electrons. The monoisotopic (exact) mass is 248 g/mol. The molecule has 2 N–H and O–H groups in total. The van der Waals surface area contributed by atoms with Crippen molar-refractivity contribution in [2.24, 2.45) is 5.73 Å². The summed E-state index contributed by atoms with van der Waals surface area (Å²) in [6.07, 6.45) is 0. The van der Waals surface area contributed by atoms with Gasteiger partial charge in [-0.2, -0.15) is 0 Å². The first-order chi connectivity index (χ1) is 8.65. The van der Waals surface area contributed by atoms with Crippen LogP contribution in [-0.4, -0.2) is 42.2 Å². The number of nitrogens with zero attached hydrogens (tertiary/aromatic N) is 3. The van der Waals surface area contributed by atoms with E-state index in [4.69, 9.17) is 10.5 Å². The van der Waals surface area contributed by atoms with Gasteiger partial charge in [0.1, 0.15) is 11.6 Å². The van der Waals surface area contributed by atoms with Crippen LogP contribution in [0.25, 0.3) is 11.0 Å². The summed E-state index contributed by atoms with van der Waals surface area (Å²) in [5.41, 5.74) is 7.81. The van der Waals surface area contributed by atoms with Gasteiger partial charge in [0.2, 0.25) is 0 Å². The van der Waals surface area contributed by atoms with Gasteiger partial charge in [0.05, 0.1) is 24.7 Å². The van der Waals surface area contributed by atoms with Crippen molar-refractivity contribution in [2.75, 3.05) is 27.7 Å². The molecule has 0 aliphatic carbocycles. The fourth-order valence-electron chi connectivity index (χ4n) is 1.99. The Morgan fingerprint density at radius 2 is 2.17 bits per heavy atom. The Labute approximate surface area is 107 Å². The average Bonchev–Trinajstić information content (AvgIpc) is 2.72. The normalized spacial score (nSPS) is 11.4. The summed E-state index contributed by atoms with van der Waals surface area (Å²) in [7, 11) is 5.78. The fourth-order valence-corrected chi connectivity index (χ4v) is 1.99. The molecule has 0 aliphatic heterocycles. The summed E-state index contributed by atoms with van der Waals surface area (Å²) in [6.45, 7) is 2.30. The first-order valence-corrected chi connectivity index (χ1v) is 6.03. The highest BCUT2D eigenvalue weighted by Crippen LogP contribution is 2.21. The van der Waals surface area contributed by atoms with Gasteiger partial charge in [0, 0.05) is 19.2 Å². The Hall–Kier alpha value is -1.59. The van der Waals surface area contributed by atoms with Crippen molar-refractivity contribution in [3.05, 3.63) is 24.0 Å². The number of methoxy groups -OCH3 is 1. The van der Waals surface area contributed by atoms with E-state index in [1.807, 2.05) is 18.2 Å². The van der Waals surface area contributed by atoms with Crippen LogP contribution in [0.1, 0.15) is 5.82 Å². The minimum atomic E-state index is 0.449. The summed E-state index contributed by atoms with van der Waals surface area (Å²) in [4.78, 5) is 6.71. The molecule has 0 saturated heterocycles. The molecule has 0 radical (unpaired) electrons. The van der Waals surface area contributed by atoms with Crippen LogP contribution in [0.2, 0.25) is 0 Å². The van der Waals surface area contributed by atoms with Gasteiger partial charge in [0.25, 0.3) is 0 Å². The number of nitrogens with two attached hydrogens (primary N) is 1. The Kier molecular flexibility index (Phi) is 3.84. The SMILES string of the molecule is COc1ccc2c(c1)nc(CN)n2CCN(C)C. The number of imidazole rings is 1. The van der Waals surface area contributed by atoms with E-state index < -0.39 is 0 Å². The topological polar surface area (TPSA) is 56.3 Å². The van der Waals surface area contributed by atoms with Crippen molar-refractivity contribution >= 4 is 11.0 Å². The lowest BCUT2D eigenvalue weighted by molar-refractivity contribution is 0.383. The molecule has 1 heterocycles. The second kappa shape index (κ2) is 5.37. The van der Waals surface area contributed by atoms with Crippen LogP contribution >= 0.6 is 0 Å². The number of hydrogen-bond acceptors (Lipinski definition) is 4. The lowest BCUT2D eigenvalue weighted by atomic mass is 10.3. The predicted octanol–water partition coefficient (Wildman–Crippen LogP) is 1.07. The van der Waals surface area contributed by atoms with Crippen molar-refractivity contribution in [1.82, 2.24) is 14.5 Å². The molecule has 1 aromatic carbocycles. The van der Waals surface area contributed by atoms with E-state index in [1.54, 1.807) is 7.11 Å². The Balaban J connectivity index is 2.42. The smallest absolute Gasteiger partial charge is 0.123 e. The molecule has 5 nitrogen and oxygen atoms in total. The number of benzene rings is 1. The van der Waals surface area contributed by atoms with Crippen LogP contribution in [0.5, 0.6) is 5.75 Å². The highest BCUT2D eigenvalue weighted by Gasteiger charge is 2.10. The zero-order chi connectivity index (χ0) is 13.1. The molecule has 2 rings (SSSR count). The fraction of sp³-hybridized carbons (Fsp3) is 0.462. The molecule has 0 fully saturated rings. The third kappa shape index (κ3) is 2.47. The van der Waals surface area contributed by atoms with E-state index in [-0.39, 0.29) is 0 Å². The number of hydrogen-bond donors (Lipinski definition) is 1. The van der Waals surface area contributed by atoms with Gasteiger partial charge in [-0.3, -0.25) is 0 Å². The van der Waals surface area contributed by atoms with Gasteiger partial charge < -0.3 is 19.9 Å². The van der Waals surface area contributed by atoms with Gasteiger partial charge >= 0.3 is 0 Å². The molecule has 0 amide bonds. The molecule has 0 saturated carbocycles. The highest BCUT2D eigenvalue weighted by atomic mass is 16.5. The van der Waals surface area contributed by atoms with E-state index in [1.165, 1.54) is 0 Å². The summed E-state index contributed by atoms with van der Waals surface area (Å²) in [6, 6.07) is 5.94. The molecule has 0 atom stereocenters. The largest absolute Gasteiger partial charge is 0.497 e. The van der Waals surface area contributed by atoms with E-state index in [2.05, 4.69) is 28.5 Å². The number of rotatable bonds is 5. The van der Waals surface area contributed by atoms with Crippen molar-refractivity contribution in [3.8, 4) is 5.75 Å². The van der Waals surface area contributed by atoms with Crippen LogP contribution in [0.4, 0.5) is 0 Å². The number of fused-ring (bicyclic) bond motifs is 1. The third-order valence-corrected chi connectivity index (χ3v) is 2.99. The summed E-state index contributed by atoms with van der Waals surface area (Å²) < 4.78 is 7.39. The van der Waals surface area contributed by atoms with Gasteiger partial charge in [-0.25, -0.2) is 4.98 Å². The van der Waals surface area contributed by atoms with Crippen LogP contribution in [0.3, 0.4) is 0 Å². The number of aromatic nitrogens is 2. The minimum Gasteiger partial charge on any atom is -0.497 e. The number of likely N-dealkylation sites (N-methyl/N-ethyl adjacent to an activating group) is 1. The quantitative estimate of drug-likeness (QED) is 0.860. The molecule has 0 spiro atoms. The molecule has 0 unspecified atom stereocenters. The number of ether oxygens (including phenoxy) is 1. The standard InChI is InChI=1S/C13H20N4O/c1-16(2)6-7-17-12-5-4-10(18-3)8-11(12)15-13(17)9-14/h4-5,8H,6-7,9,14H2,1-3H3. The first kappa shape index (κ1) is 12.9. The van der Waals surface area contributed by atoms with Crippen LogP contribution in [-0.2, 0) is 13.1 Å². The molecule has 0 aliphatic rings. The molecule has 18 heavy (non-hydrogen) atoms. The lowest BCUT2D eigenvalue weighted by Crippen LogP contribution is -2.20.